The summed E-state index contributed by atoms with van der Waals surface area (Å²) in [5.74, 6) is 1.52. The summed E-state index contributed by atoms with van der Waals surface area (Å²) in [6, 6.07) is 15.5. The van der Waals surface area contributed by atoms with Crippen molar-refractivity contribution in [3.63, 3.8) is 0 Å². The van der Waals surface area contributed by atoms with Crippen molar-refractivity contribution in [1.82, 2.24) is 15.1 Å². The van der Waals surface area contributed by atoms with Gasteiger partial charge in [-0.05, 0) is 36.8 Å². The first-order chi connectivity index (χ1) is 13.1. The number of aryl methyl sites for hydroxylation is 1. The predicted octanol–water partition coefficient (Wildman–Crippen LogP) is 3.30. The Morgan fingerprint density at radius 2 is 1.93 bits per heavy atom. The van der Waals surface area contributed by atoms with E-state index in [0.29, 0.717) is 24.3 Å². The molecular formula is C21H21N3O3. The third kappa shape index (κ3) is 3.51. The largest absolute Gasteiger partial charge is 0.497 e. The molecule has 0 unspecified atom stereocenters. The second-order valence-electron chi connectivity index (χ2n) is 6.66. The topological polar surface area (TPSA) is 67.5 Å². The molecule has 0 spiro atoms. The quantitative estimate of drug-likeness (QED) is 0.755. The predicted molar refractivity (Wildman–Crippen MR) is 102 cm³/mol. The molecule has 1 aliphatic heterocycles. The lowest BCUT2D eigenvalue weighted by Gasteiger charge is -2.39. The van der Waals surface area contributed by atoms with Crippen LogP contribution in [0.15, 0.2) is 54.7 Å². The zero-order valence-corrected chi connectivity index (χ0v) is 15.3. The van der Waals surface area contributed by atoms with Crippen LogP contribution in [0.1, 0.15) is 15.9 Å². The highest BCUT2D eigenvalue weighted by molar-refractivity contribution is 6.00. The number of carbonyl (C=O) groups is 1. The summed E-state index contributed by atoms with van der Waals surface area (Å²) >= 11 is 0. The molecule has 1 N–H and O–H groups in total. The van der Waals surface area contributed by atoms with Crippen molar-refractivity contribution in [3.8, 4) is 22.8 Å². The minimum atomic E-state index is -0.0503. The van der Waals surface area contributed by atoms with E-state index in [2.05, 4.69) is 10.2 Å². The van der Waals surface area contributed by atoms with Crippen LogP contribution in [0.3, 0.4) is 0 Å². The maximum atomic E-state index is 12.9. The molecule has 1 fully saturated rings. The third-order valence-electron chi connectivity index (χ3n) is 4.66. The summed E-state index contributed by atoms with van der Waals surface area (Å²) in [4.78, 5) is 14.6. The molecule has 0 saturated carbocycles. The maximum Gasteiger partial charge on any atom is 0.257 e. The normalized spacial score (nSPS) is 13.9. The fourth-order valence-corrected chi connectivity index (χ4v) is 3.18. The van der Waals surface area contributed by atoms with Gasteiger partial charge >= 0.3 is 0 Å². The number of benzene rings is 2. The number of carbonyl (C=O) groups excluding carboxylic acids is 1. The van der Waals surface area contributed by atoms with Gasteiger partial charge in [0.2, 0.25) is 0 Å². The Kier molecular flexibility index (Phi) is 4.54. The number of aromatic nitrogens is 2. The molecule has 2 aromatic carbocycles. The lowest BCUT2D eigenvalue weighted by molar-refractivity contribution is 0.0178. The number of likely N-dealkylation sites (tertiary alicyclic amines) is 1. The van der Waals surface area contributed by atoms with E-state index in [-0.39, 0.29) is 12.0 Å². The summed E-state index contributed by atoms with van der Waals surface area (Å²) in [7, 11) is 1.62. The van der Waals surface area contributed by atoms with E-state index in [4.69, 9.17) is 9.47 Å². The van der Waals surface area contributed by atoms with Crippen LogP contribution in [-0.2, 0) is 0 Å². The number of methoxy groups -OCH3 is 1. The number of nitrogens with zero attached hydrogens (tertiary/aromatic N) is 2. The van der Waals surface area contributed by atoms with Crippen LogP contribution in [0, 0.1) is 6.92 Å². The Bertz CT molecular complexity index is 961. The van der Waals surface area contributed by atoms with Gasteiger partial charge < -0.3 is 14.4 Å². The monoisotopic (exact) mass is 363 g/mol. The van der Waals surface area contributed by atoms with E-state index in [0.717, 1.165) is 22.6 Å². The second-order valence-corrected chi connectivity index (χ2v) is 6.66. The molecule has 2 heterocycles. The maximum absolute atomic E-state index is 12.9. The SMILES string of the molecule is COc1cccc(-c2[nH]ncc2C(=O)N2CC(Oc3cccc(C)c3)C2)c1. The van der Waals surface area contributed by atoms with Crippen molar-refractivity contribution in [2.24, 2.45) is 0 Å². The number of amides is 1. The number of ether oxygens (including phenoxy) is 2. The van der Waals surface area contributed by atoms with Gasteiger partial charge in [0.1, 0.15) is 17.6 Å². The first-order valence-electron chi connectivity index (χ1n) is 8.84. The number of H-pyrrole nitrogens is 1. The average molecular weight is 363 g/mol. The molecule has 0 atom stereocenters. The molecule has 0 bridgehead atoms. The number of hydrogen-bond donors (Lipinski definition) is 1. The fraction of sp³-hybridized carbons (Fsp3) is 0.238. The Morgan fingerprint density at radius 1 is 1.15 bits per heavy atom. The highest BCUT2D eigenvalue weighted by atomic mass is 16.5. The molecule has 1 aromatic heterocycles. The first-order valence-corrected chi connectivity index (χ1v) is 8.84. The third-order valence-corrected chi connectivity index (χ3v) is 4.66. The van der Waals surface area contributed by atoms with Crippen molar-refractivity contribution in [1.29, 1.82) is 0 Å². The van der Waals surface area contributed by atoms with Gasteiger partial charge in [-0.2, -0.15) is 5.10 Å². The molecule has 1 amide bonds. The number of aromatic amines is 1. The van der Waals surface area contributed by atoms with Gasteiger partial charge in [0.25, 0.3) is 5.91 Å². The van der Waals surface area contributed by atoms with E-state index in [1.807, 2.05) is 55.5 Å². The summed E-state index contributed by atoms with van der Waals surface area (Å²) in [6.07, 6.45) is 1.59. The van der Waals surface area contributed by atoms with Crippen molar-refractivity contribution in [2.75, 3.05) is 20.2 Å². The number of nitrogens with one attached hydrogen (secondary N) is 1. The lowest BCUT2D eigenvalue weighted by atomic mass is 10.0. The van der Waals surface area contributed by atoms with Crippen LogP contribution in [0.5, 0.6) is 11.5 Å². The van der Waals surface area contributed by atoms with E-state index < -0.39 is 0 Å². The molecule has 4 rings (SSSR count). The zero-order valence-electron chi connectivity index (χ0n) is 15.3. The zero-order chi connectivity index (χ0) is 18.8. The summed E-state index contributed by atoms with van der Waals surface area (Å²) in [6.45, 7) is 3.16. The van der Waals surface area contributed by atoms with Crippen molar-refractivity contribution in [3.05, 3.63) is 65.9 Å². The molecule has 6 nitrogen and oxygen atoms in total. The van der Waals surface area contributed by atoms with E-state index in [1.54, 1.807) is 18.2 Å². The number of hydrogen-bond acceptors (Lipinski definition) is 4. The van der Waals surface area contributed by atoms with Crippen LogP contribution in [-0.4, -0.2) is 47.3 Å². The van der Waals surface area contributed by atoms with Gasteiger partial charge in [-0.15, -0.1) is 0 Å². The van der Waals surface area contributed by atoms with Crippen LogP contribution in [0.25, 0.3) is 11.3 Å². The van der Waals surface area contributed by atoms with Gasteiger partial charge in [0, 0.05) is 5.56 Å². The molecule has 1 saturated heterocycles. The molecule has 0 aliphatic carbocycles. The molecule has 138 valence electrons. The van der Waals surface area contributed by atoms with E-state index >= 15 is 0 Å². The van der Waals surface area contributed by atoms with Gasteiger partial charge in [-0.25, -0.2) is 0 Å². The minimum Gasteiger partial charge on any atom is -0.497 e. The van der Waals surface area contributed by atoms with E-state index in [1.165, 1.54) is 0 Å². The Balaban J connectivity index is 1.44. The molecule has 6 heteroatoms. The summed E-state index contributed by atoms with van der Waals surface area (Å²) < 4.78 is 11.2. The highest BCUT2D eigenvalue weighted by Gasteiger charge is 2.34. The molecule has 27 heavy (non-hydrogen) atoms. The standard InChI is InChI=1S/C21H21N3O3/c1-14-5-3-8-17(9-14)27-18-12-24(13-18)21(25)19-11-22-23-20(19)15-6-4-7-16(10-15)26-2/h3-11,18H,12-13H2,1-2H3,(H,22,23). The molecule has 0 radical (unpaired) electrons. The molecular weight excluding hydrogens is 342 g/mol. The Labute approximate surface area is 157 Å². The van der Waals surface area contributed by atoms with Crippen LogP contribution in [0.2, 0.25) is 0 Å². The van der Waals surface area contributed by atoms with Crippen molar-refractivity contribution < 1.29 is 14.3 Å². The fourth-order valence-electron chi connectivity index (χ4n) is 3.18. The van der Waals surface area contributed by atoms with Crippen LogP contribution < -0.4 is 9.47 Å². The Hall–Kier alpha value is -3.28. The van der Waals surface area contributed by atoms with Gasteiger partial charge in [0.15, 0.2) is 0 Å². The number of rotatable bonds is 5. The van der Waals surface area contributed by atoms with E-state index in [9.17, 15) is 4.79 Å². The first kappa shape index (κ1) is 17.1. The molecule has 3 aromatic rings. The smallest absolute Gasteiger partial charge is 0.257 e. The highest BCUT2D eigenvalue weighted by Crippen LogP contribution is 2.27. The van der Waals surface area contributed by atoms with Crippen LogP contribution >= 0.6 is 0 Å². The van der Waals surface area contributed by atoms with Gasteiger partial charge in [-0.1, -0.05) is 24.3 Å². The minimum absolute atomic E-state index is 0.0166. The summed E-state index contributed by atoms with van der Waals surface area (Å²) in [5.41, 5.74) is 3.27. The molecule has 1 aliphatic rings. The van der Waals surface area contributed by atoms with Crippen molar-refractivity contribution in [2.45, 2.75) is 13.0 Å². The Morgan fingerprint density at radius 3 is 2.70 bits per heavy atom. The van der Waals surface area contributed by atoms with Gasteiger partial charge in [-0.3, -0.25) is 9.89 Å². The lowest BCUT2D eigenvalue weighted by Crippen LogP contribution is -2.56. The van der Waals surface area contributed by atoms with Gasteiger partial charge in [0.05, 0.1) is 37.7 Å². The van der Waals surface area contributed by atoms with Crippen molar-refractivity contribution >= 4 is 5.91 Å². The average Bonchev–Trinajstić information content (AvgIpc) is 3.14. The summed E-state index contributed by atoms with van der Waals surface area (Å²) in [5, 5.41) is 7.00. The van der Waals surface area contributed by atoms with Crippen LogP contribution in [0.4, 0.5) is 0 Å². The second kappa shape index (κ2) is 7.15.